The molecule has 0 atom stereocenters. The largest absolute Gasteiger partial charge is 0.469 e. The van der Waals surface area contributed by atoms with E-state index in [9.17, 15) is 4.79 Å². The number of carbonyl (C=O) groups excluding carboxylic acids is 1. The molecule has 1 aromatic carbocycles. The van der Waals surface area contributed by atoms with Crippen LogP contribution in [0.4, 0.5) is 5.69 Å². The van der Waals surface area contributed by atoms with Crippen molar-refractivity contribution in [3.63, 3.8) is 0 Å². The van der Waals surface area contributed by atoms with Crippen LogP contribution >= 0.6 is 0 Å². The van der Waals surface area contributed by atoms with Crippen LogP contribution in [0.2, 0.25) is 0 Å². The van der Waals surface area contributed by atoms with Gasteiger partial charge in [0, 0.05) is 18.4 Å². The molecule has 0 aliphatic rings. The molecule has 3 aromatic rings. The number of benzene rings is 1. The summed E-state index contributed by atoms with van der Waals surface area (Å²) in [7, 11) is 0. The summed E-state index contributed by atoms with van der Waals surface area (Å²) in [5.74, 6) is 1.34. The highest BCUT2D eigenvalue weighted by Gasteiger charge is 2.06. The van der Waals surface area contributed by atoms with Crippen LogP contribution < -0.4 is 5.32 Å². The molecule has 5 nitrogen and oxygen atoms in total. The molecule has 22 heavy (non-hydrogen) atoms. The molecule has 5 heteroatoms. The number of rotatable bonds is 5. The third-order valence-corrected chi connectivity index (χ3v) is 3.15. The van der Waals surface area contributed by atoms with Crippen molar-refractivity contribution >= 4 is 11.6 Å². The molecule has 0 radical (unpaired) electrons. The van der Waals surface area contributed by atoms with Crippen LogP contribution in [0, 0.1) is 0 Å². The highest BCUT2D eigenvalue weighted by Crippen LogP contribution is 2.15. The van der Waals surface area contributed by atoms with E-state index in [4.69, 9.17) is 4.42 Å². The molecule has 0 saturated carbocycles. The second-order valence-corrected chi connectivity index (χ2v) is 4.79. The van der Waals surface area contributed by atoms with Crippen LogP contribution in [-0.4, -0.2) is 15.9 Å². The summed E-state index contributed by atoms with van der Waals surface area (Å²) in [6.07, 6.45) is 5.75. The first-order valence-corrected chi connectivity index (χ1v) is 7.01. The lowest BCUT2D eigenvalue weighted by atomic mass is 10.2. The van der Waals surface area contributed by atoms with Crippen LogP contribution in [0.1, 0.15) is 12.2 Å². The van der Waals surface area contributed by atoms with Crippen molar-refractivity contribution in [1.29, 1.82) is 0 Å². The fourth-order valence-corrected chi connectivity index (χ4v) is 2.04. The molecule has 0 aliphatic heterocycles. The predicted molar refractivity (Wildman–Crippen MR) is 83.1 cm³/mol. The molecule has 0 bridgehead atoms. The minimum atomic E-state index is -0.0903. The van der Waals surface area contributed by atoms with Gasteiger partial charge in [0.2, 0.25) is 5.91 Å². The van der Waals surface area contributed by atoms with Gasteiger partial charge in [0.25, 0.3) is 0 Å². The summed E-state index contributed by atoms with van der Waals surface area (Å²) in [4.78, 5) is 20.4. The van der Waals surface area contributed by atoms with E-state index >= 15 is 0 Å². The Labute approximate surface area is 128 Å². The Balaban J connectivity index is 1.58. The topological polar surface area (TPSA) is 68.0 Å². The van der Waals surface area contributed by atoms with E-state index in [-0.39, 0.29) is 5.91 Å². The second kappa shape index (κ2) is 6.67. The Morgan fingerprint density at radius 2 is 1.82 bits per heavy atom. The van der Waals surface area contributed by atoms with Crippen LogP contribution in [-0.2, 0) is 11.2 Å². The van der Waals surface area contributed by atoms with Gasteiger partial charge in [-0.25, -0.2) is 9.97 Å². The highest BCUT2D eigenvalue weighted by atomic mass is 16.3. The van der Waals surface area contributed by atoms with Crippen LogP contribution in [0.5, 0.6) is 0 Å². The number of hydrogen-bond acceptors (Lipinski definition) is 4. The number of amides is 1. The first-order valence-electron chi connectivity index (χ1n) is 7.01. The lowest BCUT2D eigenvalue weighted by Gasteiger charge is -2.05. The van der Waals surface area contributed by atoms with E-state index in [1.54, 1.807) is 18.7 Å². The highest BCUT2D eigenvalue weighted by molar-refractivity contribution is 5.90. The fourth-order valence-electron chi connectivity index (χ4n) is 2.04. The van der Waals surface area contributed by atoms with Gasteiger partial charge in [-0.3, -0.25) is 4.79 Å². The zero-order chi connectivity index (χ0) is 15.2. The van der Waals surface area contributed by atoms with E-state index in [0.717, 1.165) is 11.3 Å². The summed E-state index contributed by atoms with van der Waals surface area (Å²) in [6.45, 7) is 0. The van der Waals surface area contributed by atoms with Crippen molar-refractivity contribution < 1.29 is 9.21 Å². The molecule has 0 aliphatic carbocycles. The molecule has 0 unspecified atom stereocenters. The summed E-state index contributed by atoms with van der Waals surface area (Å²) in [5.41, 5.74) is 1.53. The van der Waals surface area contributed by atoms with E-state index in [2.05, 4.69) is 15.3 Å². The second-order valence-electron chi connectivity index (χ2n) is 4.79. The van der Waals surface area contributed by atoms with Gasteiger partial charge in [0.15, 0.2) is 5.82 Å². The lowest BCUT2D eigenvalue weighted by Crippen LogP contribution is -2.12. The van der Waals surface area contributed by atoms with Gasteiger partial charge >= 0.3 is 0 Å². The average molecular weight is 293 g/mol. The monoisotopic (exact) mass is 293 g/mol. The lowest BCUT2D eigenvalue weighted by molar-refractivity contribution is -0.116. The van der Waals surface area contributed by atoms with E-state index in [0.29, 0.717) is 24.4 Å². The normalized spacial score (nSPS) is 10.4. The Kier molecular flexibility index (Phi) is 4.25. The number of nitrogens with one attached hydrogen (secondary N) is 1. The van der Waals surface area contributed by atoms with Crippen molar-refractivity contribution in [2.45, 2.75) is 12.8 Å². The minimum Gasteiger partial charge on any atom is -0.469 e. The quantitative estimate of drug-likeness (QED) is 0.783. The number of aromatic nitrogens is 2. The Bertz CT molecular complexity index is 722. The van der Waals surface area contributed by atoms with Crippen molar-refractivity contribution in [3.8, 4) is 11.4 Å². The first-order chi connectivity index (χ1) is 10.8. The smallest absolute Gasteiger partial charge is 0.224 e. The molecule has 0 saturated heterocycles. The van der Waals surface area contributed by atoms with Crippen LogP contribution in [0.3, 0.4) is 0 Å². The van der Waals surface area contributed by atoms with Crippen molar-refractivity contribution in [2.24, 2.45) is 0 Å². The Hall–Kier alpha value is -2.95. The molecule has 3 rings (SSSR count). The zero-order valence-corrected chi connectivity index (χ0v) is 11.9. The number of hydrogen-bond donors (Lipinski definition) is 1. The molecule has 0 fully saturated rings. The first kappa shape index (κ1) is 14.0. The van der Waals surface area contributed by atoms with Crippen molar-refractivity contribution in [1.82, 2.24) is 9.97 Å². The number of furan rings is 1. The average Bonchev–Trinajstić information content (AvgIpc) is 3.08. The maximum absolute atomic E-state index is 11.9. The number of aryl methyl sites for hydroxylation is 1. The molecule has 110 valence electrons. The standard InChI is InChI=1S/C17H15N3O2/c21-16(9-8-15-7-4-10-22-15)20-14-11-18-17(19-12-14)13-5-2-1-3-6-13/h1-7,10-12H,8-9H2,(H,20,21). The SMILES string of the molecule is O=C(CCc1ccco1)Nc1cnc(-c2ccccc2)nc1. The molecular weight excluding hydrogens is 278 g/mol. The molecule has 1 amide bonds. The van der Waals surface area contributed by atoms with E-state index in [1.165, 1.54) is 0 Å². The molecular formula is C17H15N3O2. The fraction of sp³-hybridized carbons (Fsp3) is 0.118. The predicted octanol–water partition coefficient (Wildman–Crippen LogP) is 3.31. The van der Waals surface area contributed by atoms with Crippen LogP contribution in [0.15, 0.2) is 65.5 Å². The van der Waals surface area contributed by atoms with Gasteiger partial charge in [-0.1, -0.05) is 30.3 Å². The van der Waals surface area contributed by atoms with Gasteiger partial charge < -0.3 is 9.73 Å². The summed E-state index contributed by atoms with van der Waals surface area (Å²) in [5, 5.41) is 2.78. The molecule has 2 aromatic heterocycles. The van der Waals surface area contributed by atoms with E-state index < -0.39 is 0 Å². The van der Waals surface area contributed by atoms with Crippen LogP contribution in [0.25, 0.3) is 11.4 Å². The van der Waals surface area contributed by atoms with Gasteiger partial charge in [-0.05, 0) is 12.1 Å². The van der Waals surface area contributed by atoms with Gasteiger partial charge in [-0.15, -0.1) is 0 Å². The van der Waals surface area contributed by atoms with Gasteiger partial charge in [0.1, 0.15) is 5.76 Å². The van der Waals surface area contributed by atoms with Crippen molar-refractivity contribution in [2.75, 3.05) is 5.32 Å². The number of nitrogens with zero attached hydrogens (tertiary/aromatic N) is 2. The van der Waals surface area contributed by atoms with Gasteiger partial charge in [-0.2, -0.15) is 0 Å². The molecule has 2 heterocycles. The minimum absolute atomic E-state index is 0.0903. The third-order valence-electron chi connectivity index (χ3n) is 3.15. The molecule has 1 N–H and O–H groups in total. The Morgan fingerprint density at radius 3 is 2.50 bits per heavy atom. The maximum atomic E-state index is 11.9. The van der Waals surface area contributed by atoms with E-state index in [1.807, 2.05) is 42.5 Å². The van der Waals surface area contributed by atoms with Crippen molar-refractivity contribution in [3.05, 3.63) is 66.9 Å². The summed E-state index contributed by atoms with van der Waals surface area (Å²) < 4.78 is 5.19. The molecule has 0 spiro atoms. The summed E-state index contributed by atoms with van der Waals surface area (Å²) >= 11 is 0. The third kappa shape index (κ3) is 3.58. The number of anilines is 1. The van der Waals surface area contributed by atoms with Gasteiger partial charge in [0.05, 0.1) is 24.3 Å². The number of carbonyl (C=O) groups is 1. The maximum Gasteiger partial charge on any atom is 0.224 e. The summed E-state index contributed by atoms with van der Waals surface area (Å²) in [6, 6.07) is 13.4. The zero-order valence-electron chi connectivity index (χ0n) is 11.9. The Morgan fingerprint density at radius 1 is 1.05 bits per heavy atom.